The summed E-state index contributed by atoms with van der Waals surface area (Å²) in [7, 11) is 0. The second-order valence-electron chi connectivity index (χ2n) is 4.79. The predicted molar refractivity (Wildman–Crippen MR) is 75.6 cm³/mol. The lowest BCUT2D eigenvalue weighted by Crippen LogP contribution is -2.37. The maximum atomic E-state index is 12.4. The molecule has 1 amide bonds. The molecule has 1 aromatic rings. The van der Waals surface area contributed by atoms with Crippen LogP contribution < -0.4 is 4.90 Å². The number of carbonyl (C=O) groups is 1. The molecule has 0 saturated carbocycles. The van der Waals surface area contributed by atoms with Crippen molar-refractivity contribution in [3.63, 3.8) is 0 Å². The van der Waals surface area contributed by atoms with Crippen molar-refractivity contribution in [2.75, 3.05) is 18.0 Å². The van der Waals surface area contributed by atoms with Crippen molar-refractivity contribution in [2.45, 2.75) is 6.92 Å². The molecule has 6 heteroatoms. The minimum atomic E-state index is -1.11. The highest BCUT2D eigenvalue weighted by atomic mass is 79.9. The zero-order chi connectivity index (χ0) is 14.2. The maximum Gasteiger partial charge on any atom is 0.244 e. The first kappa shape index (κ1) is 13.7. The monoisotopic (exact) mass is 324 g/mol. The standard InChI is InChI=1S/C13H13BrN2O3/c1-9-7-15(11-5-3-10(14)4-6-11)12(17)13(9,2)8-16(18)19/h3-6H,1,7-8H2,2H3. The van der Waals surface area contributed by atoms with Gasteiger partial charge in [0, 0.05) is 21.6 Å². The average molecular weight is 325 g/mol. The molecule has 2 rings (SSSR count). The Balaban J connectivity index is 2.32. The number of hydrogen-bond donors (Lipinski definition) is 0. The number of carbonyl (C=O) groups excluding carboxylic acids is 1. The Morgan fingerprint density at radius 3 is 2.58 bits per heavy atom. The van der Waals surface area contributed by atoms with Crippen LogP contribution in [0.15, 0.2) is 40.9 Å². The summed E-state index contributed by atoms with van der Waals surface area (Å²) >= 11 is 3.33. The van der Waals surface area contributed by atoms with Gasteiger partial charge in [0.25, 0.3) is 0 Å². The highest BCUT2D eigenvalue weighted by Crippen LogP contribution is 2.38. The highest BCUT2D eigenvalue weighted by Gasteiger charge is 2.50. The lowest BCUT2D eigenvalue weighted by atomic mass is 9.85. The van der Waals surface area contributed by atoms with E-state index in [4.69, 9.17) is 0 Å². The van der Waals surface area contributed by atoms with E-state index < -0.39 is 16.9 Å². The van der Waals surface area contributed by atoms with E-state index in [2.05, 4.69) is 22.5 Å². The Kier molecular flexibility index (Phi) is 3.45. The summed E-state index contributed by atoms with van der Waals surface area (Å²) in [6.45, 7) is 5.32. The molecule has 0 radical (unpaired) electrons. The summed E-state index contributed by atoms with van der Waals surface area (Å²) in [6.07, 6.45) is 0. The molecule has 1 aliphatic rings. The zero-order valence-corrected chi connectivity index (χ0v) is 12.0. The third kappa shape index (κ3) is 2.40. The largest absolute Gasteiger partial charge is 0.307 e. The van der Waals surface area contributed by atoms with Gasteiger partial charge in [-0.1, -0.05) is 22.5 Å². The molecular formula is C13H13BrN2O3. The third-order valence-corrected chi connectivity index (χ3v) is 3.96. The number of nitro groups is 1. The number of hydrogen-bond acceptors (Lipinski definition) is 3. The summed E-state index contributed by atoms with van der Waals surface area (Å²) in [5, 5.41) is 10.7. The molecule has 1 unspecified atom stereocenters. The number of halogens is 1. The van der Waals surface area contributed by atoms with E-state index in [9.17, 15) is 14.9 Å². The van der Waals surface area contributed by atoms with Crippen LogP contribution in [-0.4, -0.2) is 23.9 Å². The van der Waals surface area contributed by atoms with E-state index in [1.807, 2.05) is 12.1 Å². The summed E-state index contributed by atoms with van der Waals surface area (Å²) < 4.78 is 0.912. The molecule has 1 fully saturated rings. The van der Waals surface area contributed by atoms with Crippen LogP contribution in [0, 0.1) is 15.5 Å². The van der Waals surface area contributed by atoms with Gasteiger partial charge >= 0.3 is 0 Å². The SMILES string of the molecule is C=C1CN(c2ccc(Br)cc2)C(=O)C1(C)C[N+](=O)[O-]. The topological polar surface area (TPSA) is 63.5 Å². The lowest BCUT2D eigenvalue weighted by Gasteiger charge is -2.20. The molecule has 5 nitrogen and oxygen atoms in total. The fourth-order valence-corrected chi connectivity index (χ4v) is 2.42. The first-order valence-corrected chi connectivity index (χ1v) is 6.51. The van der Waals surface area contributed by atoms with Gasteiger partial charge in [0.05, 0.1) is 0 Å². The first-order valence-electron chi connectivity index (χ1n) is 5.72. The van der Waals surface area contributed by atoms with Crippen LogP contribution in [0.2, 0.25) is 0 Å². The molecule has 1 atom stereocenters. The molecular weight excluding hydrogens is 312 g/mol. The van der Waals surface area contributed by atoms with Gasteiger partial charge in [-0.15, -0.1) is 0 Å². The van der Waals surface area contributed by atoms with E-state index in [-0.39, 0.29) is 5.91 Å². The molecule has 0 bridgehead atoms. The van der Waals surface area contributed by atoms with Crippen molar-refractivity contribution in [2.24, 2.45) is 5.41 Å². The van der Waals surface area contributed by atoms with Crippen molar-refractivity contribution < 1.29 is 9.72 Å². The minimum Gasteiger partial charge on any atom is -0.307 e. The molecule has 0 aliphatic carbocycles. The van der Waals surface area contributed by atoms with Crippen molar-refractivity contribution in [3.8, 4) is 0 Å². The molecule has 19 heavy (non-hydrogen) atoms. The van der Waals surface area contributed by atoms with Crippen LogP contribution >= 0.6 is 15.9 Å². The second-order valence-corrected chi connectivity index (χ2v) is 5.71. The first-order chi connectivity index (χ1) is 8.84. The van der Waals surface area contributed by atoms with Crippen LogP contribution in [0.3, 0.4) is 0 Å². The van der Waals surface area contributed by atoms with Crippen molar-refractivity contribution in [1.29, 1.82) is 0 Å². The number of rotatable bonds is 3. The minimum absolute atomic E-state index is 0.267. The van der Waals surface area contributed by atoms with Crippen LogP contribution in [-0.2, 0) is 4.79 Å². The van der Waals surface area contributed by atoms with E-state index in [0.29, 0.717) is 12.1 Å². The number of amides is 1. The Morgan fingerprint density at radius 1 is 1.47 bits per heavy atom. The Labute approximate surface area is 119 Å². The summed E-state index contributed by atoms with van der Waals surface area (Å²) in [5.41, 5.74) is 0.190. The molecule has 100 valence electrons. The molecule has 0 aromatic heterocycles. The molecule has 1 saturated heterocycles. The quantitative estimate of drug-likeness (QED) is 0.487. The number of nitrogens with zero attached hydrogens (tertiary/aromatic N) is 2. The van der Waals surface area contributed by atoms with Gasteiger partial charge in [0.2, 0.25) is 12.5 Å². The van der Waals surface area contributed by atoms with Crippen molar-refractivity contribution in [1.82, 2.24) is 0 Å². The zero-order valence-electron chi connectivity index (χ0n) is 10.4. The van der Waals surface area contributed by atoms with Gasteiger partial charge in [-0.25, -0.2) is 0 Å². The van der Waals surface area contributed by atoms with Crippen LogP contribution in [0.25, 0.3) is 0 Å². The Hall–Kier alpha value is -1.69. The van der Waals surface area contributed by atoms with Crippen LogP contribution in [0.1, 0.15) is 6.92 Å². The highest BCUT2D eigenvalue weighted by molar-refractivity contribution is 9.10. The number of anilines is 1. The van der Waals surface area contributed by atoms with Gasteiger partial charge in [0.15, 0.2) is 0 Å². The maximum absolute atomic E-state index is 12.4. The second kappa shape index (κ2) is 4.77. The Bertz CT molecular complexity index is 556. The van der Waals surface area contributed by atoms with Crippen molar-refractivity contribution in [3.05, 3.63) is 51.0 Å². The predicted octanol–water partition coefficient (Wildman–Crippen LogP) is 2.63. The van der Waals surface area contributed by atoms with Crippen LogP contribution in [0.5, 0.6) is 0 Å². The Morgan fingerprint density at radius 2 is 2.05 bits per heavy atom. The fraction of sp³-hybridized carbons (Fsp3) is 0.308. The number of benzene rings is 1. The molecule has 1 aliphatic heterocycles. The van der Waals surface area contributed by atoms with Gasteiger partial charge in [0.1, 0.15) is 5.41 Å². The van der Waals surface area contributed by atoms with Gasteiger partial charge < -0.3 is 4.90 Å². The van der Waals surface area contributed by atoms with E-state index in [1.165, 1.54) is 4.90 Å². The summed E-state index contributed by atoms with van der Waals surface area (Å²) in [5.74, 6) is -0.267. The van der Waals surface area contributed by atoms with E-state index in [0.717, 1.165) is 10.2 Å². The smallest absolute Gasteiger partial charge is 0.244 e. The summed E-state index contributed by atoms with van der Waals surface area (Å²) in [6, 6.07) is 7.25. The van der Waals surface area contributed by atoms with E-state index in [1.54, 1.807) is 19.1 Å². The van der Waals surface area contributed by atoms with Gasteiger partial charge in [-0.05, 0) is 36.8 Å². The third-order valence-electron chi connectivity index (χ3n) is 3.43. The van der Waals surface area contributed by atoms with E-state index >= 15 is 0 Å². The van der Waals surface area contributed by atoms with Gasteiger partial charge in [-0.2, -0.15) is 0 Å². The molecule has 0 spiro atoms. The lowest BCUT2D eigenvalue weighted by molar-refractivity contribution is -0.490. The average Bonchev–Trinajstić information content (AvgIpc) is 2.54. The normalized spacial score (nSPS) is 22.9. The summed E-state index contributed by atoms with van der Waals surface area (Å²) in [4.78, 5) is 24.2. The van der Waals surface area contributed by atoms with Gasteiger partial charge in [-0.3, -0.25) is 14.9 Å². The van der Waals surface area contributed by atoms with Crippen LogP contribution in [0.4, 0.5) is 5.69 Å². The molecule has 1 heterocycles. The molecule has 1 aromatic carbocycles. The fourth-order valence-electron chi connectivity index (χ4n) is 2.15. The molecule has 0 N–H and O–H groups in total. The van der Waals surface area contributed by atoms with Crippen molar-refractivity contribution >= 4 is 27.5 Å².